The van der Waals surface area contributed by atoms with Crippen molar-refractivity contribution >= 4 is 17.4 Å². The van der Waals surface area contributed by atoms with Gasteiger partial charge in [0.15, 0.2) is 0 Å². The number of nitrogens with zero attached hydrogens (tertiary/aromatic N) is 2. The summed E-state index contributed by atoms with van der Waals surface area (Å²) >= 11 is 0. The highest BCUT2D eigenvalue weighted by atomic mass is 19.4. The van der Waals surface area contributed by atoms with E-state index >= 15 is 0 Å². The van der Waals surface area contributed by atoms with Crippen LogP contribution in [0.3, 0.4) is 0 Å². The lowest BCUT2D eigenvalue weighted by Crippen LogP contribution is -2.16. The fourth-order valence-corrected chi connectivity index (χ4v) is 2.30. The molecule has 158 valence electrons. The number of aliphatic hydroxyl groups excluding tert-OH is 1. The third-order valence-electron chi connectivity index (χ3n) is 3.47. The minimum absolute atomic E-state index is 0.250. The number of alkyl halides is 3. The zero-order chi connectivity index (χ0) is 22.1. The summed E-state index contributed by atoms with van der Waals surface area (Å²) in [6.07, 6.45) is -3.41. The Labute approximate surface area is 170 Å². The molecule has 2 aromatic carbocycles. The quantitative estimate of drug-likeness (QED) is 0.578. The van der Waals surface area contributed by atoms with Crippen molar-refractivity contribution in [1.82, 2.24) is 9.97 Å². The number of aromatic nitrogens is 2. The van der Waals surface area contributed by atoms with Gasteiger partial charge < -0.3 is 20.9 Å². The number of aliphatic hydroxyl groups is 1. The van der Waals surface area contributed by atoms with E-state index in [2.05, 4.69) is 20.0 Å². The normalized spacial score (nSPS) is 10.6. The number of hydrogen-bond donors (Lipinski definition) is 3. The van der Waals surface area contributed by atoms with Crippen molar-refractivity contribution < 1.29 is 27.8 Å². The smallest absolute Gasteiger partial charge is 0.406 e. The van der Waals surface area contributed by atoms with Crippen LogP contribution >= 0.6 is 0 Å². The number of rotatable bonds is 5. The number of primary amides is 1. The summed E-state index contributed by atoms with van der Waals surface area (Å²) in [5.74, 6) is -0.445. The Bertz CT molecular complexity index is 980. The lowest BCUT2D eigenvalue weighted by Gasteiger charge is -2.10. The first-order valence-corrected chi connectivity index (χ1v) is 8.68. The molecule has 10 heteroatoms. The number of amides is 1. The number of hydrogen-bond acceptors (Lipinski definition) is 6. The monoisotopic (exact) mass is 420 g/mol. The van der Waals surface area contributed by atoms with Crippen molar-refractivity contribution in [2.24, 2.45) is 5.73 Å². The molecule has 0 radical (unpaired) electrons. The lowest BCUT2D eigenvalue weighted by molar-refractivity contribution is -0.274. The van der Waals surface area contributed by atoms with Crippen LogP contribution < -0.4 is 15.8 Å². The maximum absolute atomic E-state index is 12.2. The van der Waals surface area contributed by atoms with E-state index in [1.807, 2.05) is 0 Å². The molecule has 3 rings (SSSR count). The number of anilines is 2. The second-order valence-corrected chi connectivity index (χ2v) is 5.75. The van der Waals surface area contributed by atoms with Crippen molar-refractivity contribution in [3.05, 3.63) is 66.5 Å². The zero-order valence-electron chi connectivity index (χ0n) is 15.8. The summed E-state index contributed by atoms with van der Waals surface area (Å²) < 4.78 is 40.4. The van der Waals surface area contributed by atoms with Gasteiger partial charge in [0, 0.05) is 29.5 Å². The number of halogens is 3. The Hall–Kier alpha value is -3.66. The summed E-state index contributed by atoms with van der Waals surface area (Å²) in [5, 5.41) is 10.5. The molecular weight excluding hydrogens is 401 g/mol. The summed E-state index contributed by atoms with van der Waals surface area (Å²) in [5.41, 5.74) is 7.36. The van der Waals surface area contributed by atoms with Crippen molar-refractivity contribution in [2.75, 3.05) is 11.9 Å². The highest BCUT2D eigenvalue weighted by Crippen LogP contribution is 2.26. The maximum Gasteiger partial charge on any atom is 0.573 e. The van der Waals surface area contributed by atoms with Crippen LogP contribution in [-0.4, -0.2) is 34.0 Å². The third kappa shape index (κ3) is 7.06. The number of carbonyl (C=O) groups excluding carboxylic acids is 1. The topological polar surface area (TPSA) is 110 Å². The van der Waals surface area contributed by atoms with Crippen LogP contribution in [0.4, 0.5) is 24.7 Å². The second-order valence-electron chi connectivity index (χ2n) is 5.75. The Balaban J connectivity index is 0.00000101. The number of carbonyl (C=O) groups is 1. The standard InChI is InChI=1S/C18H13F3N4O2.C2H6O/c19-18(20,21)27-14-6-4-13(5-7-14)25-16-9-15(23-10-24-16)11-2-1-3-12(8-11)17(22)26;1-2-3/h1-10H,(H2,22,26)(H,23,24,25);3H,2H2,1H3. The SMILES string of the molecule is CCO.NC(=O)c1cccc(-c2cc(Nc3ccc(OC(F)(F)F)cc3)ncn2)c1. The second kappa shape index (κ2) is 10.2. The molecule has 0 fully saturated rings. The number of benzene rings is 2. The van der Waals surface area contributed by atoms with E-state index in [0.717, 1.165) is 0 Å². The van der Waals surface area contributed by atoms with Crippen LogP contribution in [-0.2, 0) is 0 Å². The number of ether oxygens (including phenoxy) is 1. The van der Waals surface area contributed by atoms with Gasteiger partial charge >= 0.3 is 6.36 Å². The molecule has 0 aliphatic heterocycles. The Morgan fingerprint density at radius 1 is 1.13 bits per heavy atom. The van der Waals surface area contributed by atoms with Gasteiger partial charge in [-0.05, 0) is 43.3 Å². The summed E-state index contributed by atoms with van der Waals surface area (Å²) in [7, 11) is 0. The summed E-state index contributed by atoms with van der Waals surface area (Å²) in [6.45, 7) is 1.93. The largest absolute Gasteiger partial charge is 0.573 e. The van der Waals surface area contributed by atoms with Gasteiger partial charge in [0.25, 0.3) is 0 Å². The van der Waals surface area contributed by atoms with Crippen LogP contribution in [0.5, 0.6) is 5.75 Å². The minimum atomic E-state index is -4.74. The van der Waals surface area contributed by atoms with E-state index in [1.165, 1.54) is 30.6 Å². The molecule has 7 nitrogen and oxygen atoms in total. The molecule has 1 heterocycles. The molecule has 0 aliphatic rings. The number of nitrogens with one attached hydrogen (secondary N) is 1. The average Bonchev–Trinajstić information content (AvgIpc) is 2.69. The minimum Gasteiger partial charge on any atom is -0.406 e. The molecule has 4 N–H and O–H groups in total. The van der Waals surface area contributed by atoms with Crippen LogP contribution in [0.15, 0.2) is 60.9 Å². The fraction of sp³-hybridized carbons (Fsp3) is 0.150. The molecule has 0 atom stereocenters. The van der Waals surface area contributed by atoms with E-state index in [0.29, 0.717) is 28.3 Å². The van der Waals surface area contributed by atoms with Crippen molar-refractivity contribution in [1.29, 1.82) is 0 Å². The van der Waals surface area contributed by atoms with Gasteiger partial charge in [0.1, 0.15) is 17.9 Å². The van der Waals surface area contributed by atoms with E-state index in [1.54, 1.807) is 37.3 Å². The molecule has 0 aliphatic carbocycles. The van der Waals surface area contributed by atoms with E-state index < -0.39 is 12.3 Å². The third-order valence-corrected chi connectivity index (χ3v) is 3.47. The Kier molecular flexibility index (Phi) is 7.70. The van der Waals surface area contributed by atoms with Gasteiger partial charge in [-0.3, -0.25) is 4.79 Å². The van der Waals surface area contributed by atoms with Gasteiger partial charge in [-0.1, -0.05) is 12.1 Å². The fourth-order valence-electron chi connectivity index (χ4n) is 2.30. The average molecular weight is 420 g/mol. The molecule has 1 aromatic heterocycles. The Morgan fingerprint density at radius 3 is 2.40 bits per heavy atom. The molecule has 3 aromatic rings. The molecule has 0 saturated heterocycles. The van der Waals surface area contributed by atoms with Crippen molar-refractivity contribution in [3.63, 3.8) is 0 Å². The van der Waals surface area contributed by atoms with Crippen LogP contribution in [0.25, 0.3) is 11.3 Å². The molecule has 0 spiro atoms. The van der Waals surface area contributed by atoms with E-state index in [-0.39, 0.29) is 12.4 Å². The highest BCUT2D eigenvalue weighted by molar-refractivity contribution is 5.94. The van der Waals surface area contributed by atoms with Gasteiger partial charge in [-0.25, -0.2) is 9.97 Å². The van der Waals surface area contributed by atoms with Crippen LogP contribution in [0, 0.1) is 0 Å². The summed E-state index contributed by atoms with van der Waals surface area (Å²) in [4.78, 5) is 19.5. The molecular formula is C20H19F3N4O3. The number of nitrogens with two attached hydrogens (primary N) is 1. The molecule has 30 heavy (non-hydrogen) atoms. The predicted octanol–water partition coefficient (Wildman–Crippen LogP) is 3.88. The van der Waals surface area contributed by atoms with Crippen molar-refractivity contribution in [2.45, 2.75) is 13.3 Å². The van der Waals surface area contributed by atoms with Gasteiger partial charge in [0.2, 0.25) is 5.91 Å². The highest BCUT2D eigenvalue weighted by Gasteiger charge is 2.30. The lowest BCUT2D eigenvalue weighted by atomic mass is 10.1. The van der Waals surface area contributed by atoms with Gasteiger partial charge in [-0.2, -0.15) is 0 Å². The molecule has 1 amide bonds. The first-order chi connectivity index (χ1) is 14.2. The van der Waals surface area contributed by atoms with Crippen molar-refractivity contribution in [3.8, 4) is 17.0 Å². The molecule has 0 saturated carbocycles. The summed E-state index contributed by atoms with van der Waals surface area (Å²) in [6, 6.07) is 13.5. The van der Waals surface area contributed by atoms with Gasteiger partial charge in [0.05, 0.1) is 5.69 Å². The van der Waals surface area contributed by atoms with E-state index in [9.17, 15) is 18.0 Å². The first kappa shape index (κ1) is 22.6. The van der Waals surface area contributed by atoms with Crippen LogP contribution in [0.2, 0.25) is 0 Å². The first-order valence-electron chi connectivity index (χ1n) is 8.68. The molecule has 0 bridgehead atoms. The predicted molar refractivity (Wildman–Crippen MR) is 105 cm³/mol. The zero-order valence-corrected chi connectivity index (χ0v) is 15.8. The van der Waals surface area contributed by atoms with Crippen LogP contribution in [0.1, 0.15) is 17.3 Å². The van der Waals surface area contributed by atoms with Gasteiger partial charge in [-0.15, -0.1) is 13.2 Å². The molecule has 0 unspecified atom stereocenters. The Morgan fingerprint density at radius 2 is 1.80 bits per heavy atom. The maximum atomic E-state index is 12.2. The van der Waals surface area contributed by atoms with E-state index in [4.69, 9.17) is 10.8 Å².